The van der Waals surface area contributed by atoms with Crippen LogP contribution < -0.4 is 14.7 Å². The second-order valence-electron chi connectivity index (χ2n) is 11.8. The van der Waals surface area contributed by atoms with Crippen LogP contribution in [0.4, 0.5) is 22.7 Å². The normalized spacial score (nSPS) is 21.3. The number of hydrogen-bond acceptors (Lipinski definition) is 4. The summed E-state index contributed by atoms with van der Waals surface area (Å²) in [5, 5.41) is 2.37. The summed E-state index contributed by atoms with van der Waals surface area (Å²) in [6.45, 7) is -1.81. The van der Waals surface area contributed by atoms with Crippen molar-refractivity contribution in [1.82, 2.24) is 9.47 Å². The average Bonchev–Trinajstić information content (AvgIpc) is 3.82. The standard InChI is InChI=1S/C38H33N5/c1-38(26-10-8-11-28(22-26)42-25-40(3)35-16-6-7-17-36(35)42)31-14-9-13-30-29-12-4-5-15-33(29)43(37(30)31)34-19-18-27(23-32(34)38)41-21-20-39(2)24-41/h4-23H,24-25H2,1-3H3/i2D3,3D3. The van der Waals surface area contributed by atoms with E-state index in [-0.39, 0.29) is 13.3 Å². The van der Waals surface area contributed by atoms with Crippen LogP contribution in [0.2, 0.25) is 0 Å². The first-order valence-corrected chi connectivity index (χ1v) is 14.6. The van der Waals surface area contributed by atoms with Gasteiger partial charge in [-0.05, 0) is 72.1 Å². The average molecular weight is 566 g/mol. The number of para-hydroxylation sites is 4. The minimum absolute atomic E-state index is 0.210. The molecule has 6 aromatic rings. The van der Waals surface area contributed by atoms with Crippen molar-refractivity contribution in [1.29, 1.82) is 0 Å². The van der Waals surface area contributed by atoms with Crippen LogP contribution in [0.25, 0.3) is 27.5 Å². The lowest BCUT2D eigenvalue weighted by Gasteiger charge is -2.39. The van der Waals surface area contributed by atoms with Crippen molar-refractivity contribution in [3.63, 3.8) is 0 Å². The van der Waals surface area contributed by atoms with Gasteiger partial charge in [-0.3, -0.25) is 0 Å². The van der Waals surface area contributed by atoms with Crippen LogP contribution in [0.1, 0.15) is 31.8 Å². The summed E-state index contributed by atoms with van der Waals surface area (Å²) in [5.74, 6) is 0. The van der Waals surface area contributed by atoms with E-state index >= 15 is 0 Å². The van der Waals surface area contributed by atoms with Crippen LogP contribution in [0.5, 0.6) is 0 Å². The number of benzene rings is 5. The minimum atomic E-state index is -2.28. The number of nitrogens with zero attached hydrogens (tertiary/aromatic N) is 5. The third-order valence-electron chi connectivity index (χ3n) is 9.54. The van der Waals surface area contributed by atoms with Crippen molar-refractivity contribution in [3.05, 3.63) is 138 Å². The molecule has 5 aromatic carbocycles. The number of fused-ring (bicyclic) bond motifs is 6. The summed E-state index contributed by atoms with van der Waals surface area (Å²) in [4.78, 5) is 6.89. The Morgan fingerprint density at radius 1 is 0.651 bits per heavy atom. The van der Waals surface area contributed by atoms with Crippen molar-refractivity contribution in [2.75, 3.05) is 42.0 Å². The summed E-state index contributed by atoms with van der Waals surface area (Å²) in [7, 11) is 0. The molecule has 0 saturated carbocycles. The second kappa shape index (κ2) is 8.68. The molecule has 0 aliphatic carbocycles. The van der Waals surface area contributed by atoms with Gasteiger partial charge in [-0.1, -0.05) is 60.7 Å². The zero-order valence-electron chi connectivity index (χ0n) is 29.7. The molecule has 0 fully saturated rings. The first kappa shape index (κ1) is 19.1. The Morgan fingerprint density at radius 2 is 1.49 bits per heavy atom. The molecule has 210 valence electrons. The Labute approximate surface area is 260 Å². The zero-order chi connectivity index (χ0) is 33.9. The van der Waals surface area contributed by atoms with Crippen LogP contribution in [0.3, 0.4) is 0 Å². The largest absolute Gasteiger partial charge is 0.361 e. The fourth-order valence-corrected chi connectivity index (χ4v) is 7.43. The van der Waals surface area contributed by atoms with Gasteiger partial charge in [0.25, 0.3) is 0 Å². The smallest absolute Gasteiger partial charge is 0.0950 e. The third-order valence-corrected chi connectivity index (χ3v) is 9.54. The summed E-state index contributed by atoms with van der Waals surface area (Å²) in [6, 6.07) is 37.6. The van der Waals surface area contributed by atoms with Gasteiger partial charge in [0.15, 0.2) is 0 Å². The maximum atomic E-state index is 8.23. The van der Waals surface area contributed by atoms with Crippen LogP contribution in [0, 0.1) is 0 Å². The molecule has 0 radical (unpaired) electrons. The molecule has 0 spiro atoms. The first-order chi connectivity index (χ1) is 23.4. The molecular weight excluding hydrogens is 526 g/mol. The van der Waals surface area contributed by atoms with Crippen molar-refractivity contribution in [2.24, 2.45) is 0 Å². The fourth-order valence-electron chi connectivity index (χ4n) is 7.43. The molecule has 0 amide bonds. The van der Waals surface area contributed by atoms with E-state index in [0.717, 1.165) is 50.5 Å². The van der Waals surface area contributed by atoms with E-state index in [0.29, 0.717) is 5.69 Å². The van der Waals surface area contributed by atoms with Gasteiger partial charge in [0, 0.05) is 62.1 Å². The first-order valence-electron chi connectivity index (χ1n) is 17.6. The maximum absolute atomic E-state index is 8.23. The summed E-state index contributed by atoms with van der Waals surface area (Å²) >= 11 is 0. The zero-order valence-corrected chi connectivity index (χ0v) is 23.7. The molecule has 1 unspecified atom stereocenters. The molecule has 0 saturated heterocycles. The Hall–Kier alpha value is -5.16. The fraction of sp³-hybridized carbons (Fsp3) is 0.158. The monoisotopic (exact) mass is 565 g/mol. The number of hydrogen-bond donors (Lipinski definition) is 0. The lowest BCUT2D eigenvalue weighted by atomic mass is 9.68. The van der Waals surface area contributed by atoms with E-state index in [4.69, 9.17) is 8.22 Å². The van der Waals surface area contributed by atoms with Gasteiger partial charge in [0.2, 0.25) is 0 Å². The highest BCUT2D eigenvalue weighted by Crippen LogP contribution is 2.52. The van der Waals surface area contributed by atoms with Gasteiger partial charge < -0.3 is 24.2 Å². The highest BCUT2D eigenvalue weighted by Gasteiger charge is 2.41. The summed E-state index contributed by atoms with van der Waals surface area (Å²) in [5.41, 5.74) is 9.40. The third kappa shape index (κ3) is 3.28. The van der Waals surface area contributed by atoms with E-state index in [1.165, 1.54) is 20.6 Å². The second-order valence-corrected chi connectivity index (χ2v) is 11.8. The van der Waals surface area contributed by atoms with Gasteiger partial charge in [-0.25, -0.2) is 0 Å². The van der Waals surface area contributed by atoms with Crippen LogP contribution >= 0.6 is 0 Å². The van der Waals surface area contributed by atoms with Crippen LogP contribution in [0.15, 0.2) is 122 Å². The van der Waals surface area contributed by atoms with E-state index in [1.54, 1.807) is 6.20 Å². The SMILES string of the molecule is [2H]C([2H])([2H])N1C=CN(c2ccc3c(c2)C(C)(c2cccc(N4CN(C([2H])([2H])[2H])c5ccccc54)c2)c2cccc4c5ccccc5n-3c24)C1. The number of rotatable bonds is 3. The van der Waals surface area contributed by atoms with Gasteiger partial charge in [-0.15, -0.1) is 0 Å². The molecule has 5 nitrogen and oxygen atoms in total. The molecule has 0 N–H and O–H groups in total. The maximum Gasteiger partial charge on any atom is 0.0950 e. The lowest BCUT2D eigenvalue weighted by molar-refractivity contribution is 0.495. The quantitative estimate of drug-likeness (QED) is 0.215. The summed E-state index contributed by atoms with van der Waals surface area (Å²) in [6.07, 6.45) is 3.46. The van der Waals surface area contributed by atoms with Gasteiger partial charge in [0.05, 0.1) is 41.4 Å². The Bertz CT molecular complexity index is 2340. The Balaban J connectivity index is 1.26. The van der Waals surface area contributed by atoms with Crippen molar-refractivity contribution in [2.45, 2.75) is 12.3 Å². The van der Waals surface area contributed by atoms with Crippen molar-refractivity contribution in [3.8, 4) is 5.69 Å². The molecule has 3 aliphatic heterocycles. The molecule has 9 rings (SSSR count). The highest BCUT2D eigenvalue weighted by molar-refractivity contribution is 6.11. The molecule has 43 heavy (non-hydrogen) atoms. The minimum Gasteiger partial charge on any atom is -0.361 e. The topological polar surface area (TPSA) is 17.9 Å². The van der Waals surface area contributed by atoms with Crippen molar-refractivity contribution >= 4 is 44.6 Å². The molecule has 1 aromatic heterocycles. The van der Waals surface area contributed by atoms with Crippen LogP contribution in [-0.4, -0.2) is 36.8 Å². The molecule has 0 bridgehead atoms. The molecule has 3 aliphatic rings. The van der Waals surface area contributed by atoms with Gasteiger partial charge in [-0.2, -0.15) is 0 Å². The Morgan fingerprint density at radius 3 is 2.37 bits per heavy atom. The Kier molecular flexibility index (Phi) is 3.86. The lowest BCUT2D eigenvalue weighted by Crippen LogP contribution is -2.32. The van der Waals surface area contributed by atoms with E-state index in [1.807, 2.05) is 41.4 Å². The molecule has 4 heterocycles. The predicted molar refractivity (Wildman–Crippen MR) is 179 cm³/mol. The number of aromatic nitrogens is 1. The van der Waals surface area contributed by atoms with E-state index in [9.17, 15) is 0 Å². The van der Waals surface area contributed by atoms with Gasteiger partial charge in [0.1, 0.15) is 0 Å². The van der Waals surface area contributed by atoms with Gasteiger partial charge >= 0.3 is 0 Å². The summed E-state index contributed by atoms with van der Waals surface area (Å²) < 4.78 is 50.9. The molecule has 1 atom stereocenters. The molecular formula is C38H33N5. The number of anilines is 4. The highest BCUT2D eigenvalue weighted by atomic mass is 15.4. The van der Waals surface area contributed by atoms with Crippen molar-refractivity contribution < 1.29 is 8.22 Å². The van der Waals surface area contributed by atoms with E-state index < -0.39 is 19.4 Å². The van der Waals surface area contributed by atoms with E-state index in [2.05, 4.69) is 95.3 Å². The van der Waals surface area contributed by atoms with Crippen LogP contribution in [-0.2, 0) is 5.41 Å². The molecule has 5 heteroatoms. The predicted octanol–water partition coefficient (Wildman–Crippen LogP) is 8.18.